The number of rotatable bonds is 4. The molecule has 0 saturated carbocycles. The van der Waals surface area contributed by atoms with E-state index in [1.165, 1.54) is 33.6 Å². The van der Waals surface area contributed by atoms with Crippen LogP contribution in [0.15, 0.2) is 88.2 Å². The van der Waals surface area contributed by atoms with Crippen LogP contribution in [0, 0.1) is 0 Å². The van der Waals surface area contributed by atoms with Gasteiger partial charge in [-0.2, -0.15) is 0 Å². The number of fused-ring (bicyclic) bond motifs is 3. The molecule has 1 aliphatic carbocycles. The second-order valence-corrected chi connectivity index (χ2v) is 10.7. The minimum absolute atomic E-state index is 0.0120. The normalized spacial score (nSPS) is 16.9. The van der Waals surface area contributed by atoms with Gasteiger partial charge < -0.3 is 4.74 Å². The van der Waals surface area contributed by atoms with Crippen LogP contribution in [0.25, 0.3) is 11.8 Å². The third kappa shape index (κ3) is 3.84. The predicted molar refractivity (Wildman–Crippen MR) is 146 cm³/mol. The summed E-state index contributed by atoms with van der Waals surface area (Å²) in [5.74, 6) is 1.28. The zero-order valence-corrected chi connectivity index (χ0v) is 21.5. The lowest BCUT2D eigenvalue weighted by Gasteiger charge is -2.30. The summed E-state index contributed by atoms with van der Waals surface area (Å²) in [5.41, 5.74) is 8.13. The topological polar surface area (TPSA) is 43.6 Å². The Kier molecular flexibility index (Phi) is 5.73. The van der Waals surface area contributed by atoms with Crippen LogP contribution < -0.4 is 19.6 Å². The van der Waals surface area contributed by atoms with Crippen molar-refractivity contribution in [1.82, 2.24) is 4.57 Å². The van der Waals surface area contributed by atoms with Crippen molar-refractivity contribution in [1.29, 1.82) is 0 Å². The van der Waals surface area contributed by atoms with Crippen molar-refractivity contribution in [2.45, 2.75) is 38.6 Å². The first-order valence-electron chi connectivity index (χ1n) is 12.4. The highest BCUT2D eigenvalue weighted by molar-refractivity contribution is 7.07. The van der Waals surface area contributed by atoms with Gasteiger partial charge in [-0.05, 0) is 64.8 Å². The number of aromatic nitrogens is 1. The summed E-state index contributed by atoms with van der Waals surface area (Å²) in [5, 5.41) is 0. The Morgan fingerprint density at radius 2 is 1.75 bits per heavy atom. The molecular formula is C31H28N2O2S. The highest BCUT2D eigenvalue weighted by Gasteiger charge is 2.32. The molecule has 0 spiro atoms. The van der Waals surface area contributed by atoms with Gasteiger partial charge in [0.05, 0.1) is 23.4 Å². The van der Waals surface area contributed by atoms with Gasteiger partial charge in [0, 0.05) is 5.56 Å². The zero-order valence-electron chi connectivity index (χ0n) is 20.7. The first-order valence-corrected chi connectivity index (χ1v) is 13.2. The van der Waals surface area contributed by atoms with Crippen LogP contribution >= 0.6 is 11.3 Å². The van der Waals surface area contributed by atoms with Crippen molar-refractivity contribution in [2.24, 2.45) is 4.99 Å². The second kappa shape index (κ2) is 9.07. The Morgan fingerprint density at radius 3 is 2.47 bits per heavy atom. The number of nitrogens with zero attached hydrogens (tertiary/aromatic N) is 2. The summed E-state index contributed by atoms with van der Waals surface area (Å²) in [6.07, 6.45) is 3.83. The molecule has 0 bridgehead atoms. The van der Waals surface area contributed by atoms with Gasteiger partial charge in [0.1, 0.15) is 5.75 Å². The van der Waals surface area contributed by atoms with Crippen LogP contribution in [0.4, 0.5) is 0 Å². The van der Waals surface area contributed by atoms with Gasteiger partial charge in [-0.25, -0.2) is 4.99 Å². The molecule has 4 aromatic rings. The van der Waals surface area contributed by atoms with E-state index in [-0.39, 0.29) is 11.6 Å². The summed E-state index contributed by atoms with van der Waals surface area (Å²) in [6.45, 7) is 4.37. The molecular weight excluding hydrogens is 464 g/mol. The van der Waals surface area contributed by atoms with E-state index in [1.807, 2.05) is 22.8 Å². The lowest BCUT2D eigenvalue weighted by molar-refractivity contribution is 0.414. The summed E-state index contributed by atoms with van der Waals surface area (Å²) in [6, 6.07) is 24.9. The highest BCUT2D eigenvalue weighted by atomic mass is 32.1. The van der Waals surface area contributed by atoms with Crippen molar-refractivity contribution < 1.29 is 4.74 Å². The quantitative estimate of drug-likeness (QED) is 0.380. The predicted octanol–water partition coefficient (Wildman–Crippen LogP) is 5.45. The molecule has 2 heterocycles. The number of ether oxygens (including phenoxy) is 1. The maximum absolute atomic E-state index is 13.9. The average molecular weight is 493 g/mol. The fourth-order valence-corrected chi connectivity index (χ4v) is 6.24. The van der Waals surface area contributed by atoms with E-state index in [9.17, 15) is 4.79 Å². The Hall–Kier alpha value is -3.70. The molecule has 1 aliphatic heterocycles. The molecule has 36 heavy (non-hydrogen) atoms. The molecule has 5 heteroatoms. The smallest absolute Gasteiger partial charge is 0.271 e. The first-order chi connectivity index (χ1) is 17.5. The Morgan fingerprint density at radius 1 is 1.00 bits per heavy atom. The molecule has 0 radical (unpaired) electrons. The summed E-state index contributed by atoms with van der Waals surface area (Å²) in [7, 11) is 1.67. The standard InChI is InChI=1S/C31H28N2O2S/c1-19(2)21-10-8-20(9-11-21)18-27-30(34)33-29(23-12-15-24(35-3)16-13-23)26-17-14-22-6-4-5-7-25(22)28(26)32-31(33)36-27/h4-13,15-16,18-19,29H,14,17H2,1-3H3/b27-18+/t29-/m1/s1. The molecule has 3 aromatic carbocycles. The summed E-state index contributed by atoms with van der Waals surface area (Å²) in [4.78, 5) is 19.7. The van der Waals surface area contributed by atoms with E-state index in [4.69, 9.17) is 9.73 Å². The van der Waals surface area contributed by atoms with Gasteiger partial charge in [-0.1, -0.05) is 85.8 Å². The van der Waals surface area contributed by atoms with Crippen molar-refractivity contribution in [2.75, 3.05) is 7.11 Å². The maximum atomic E-state index is 13.9. The van der Waals surface area contributed by atoms with Crippen LogP contribution in [0.5, 0.6) is 5.75 Å². The van der Waals surface area contributed by atoms with Gasteiger partial charge in [0.2, 0.25) is 0 Å². The molecule has 1 aromatic heterocycles. The van der Waals surface area contributed by atoms with Gasteiger partial charge >= 0.3 is 0 Å². The van der Waals surface area contributed by atoms with Crippen LogP contribution in [0.1, 0.15) is 60.0 Å². The number of thiazole rings is 1. The van der Waals surface area contributed by atoms with E-state index in [2.05, 4.69) is 74.5 Å². The van der Waals surface area contributed by atoms with Crippen molar-refractivity contribution in [3.63, 3.8) is 0 Å². The SMILES string of the molecule is COc1ccc([C@@H]2C3=C(N=c4s/c(=C/c5ccc(C(C)C)cc5)c(=O)n42)c2ccccc2CC3)cc1. The van der Waals surface area contributed by atoms with Gasteiger partial charge in [0.15, 0.2) is 4.80 Å². The van der Waals surface area contributed by atoms with Crippen LogP contribution in [-0.2, 0) is 6.42 Å². The lowest BCUT2D eigenvalue weighted by atomic mass is 9.83. The second-order valence-electron chi connectivity index (χ2n) is 9.71. The Labute approximate surface area is 214 Å². The van der Waals surface area contributed by atoms with Crippen molar-refractivity contribution >= 4 is 23.1 Å². The number of hydrogen-bond acceptors (Lipinski definition) is 4. The maximum Gasteiger partial charge on any atom is 0.271 e. The third-order valence-corrected chi connectivity index (χ3v) is 8.19. The molecule has 4 nitrogen and oxygen atoms in total. The minimum atomic E-state index is -0.180. The number of benzene rings is 3. The molecule has 0 amide bonds. The van der Waals surface area contributed by atoms with Gasteiger partial charge in [-0.3, -0.25) is 9.36 Å². The Bertz CT molecular complexity index is 1660. The fraction of sp³-hybridized carbons (Fsp3) is 0.226. The monoisotopic (exact) mass is 492 g/mol. The molecule has 0 N–H and O–H groups in total. The number of hydrogen-bond donors (Lipinski definition) is 0. The molecule has 1 atom stereocenters. The van der Waals surface area contributed by atoms with E-state index in [0.717, 1.165) is 40.2 Å². The van der Waals surface area contributed by atoms with Crippen LogP contribution in [0.2, 0.25) is 0 Å². The molecule has 6 rings (SSSR count). The Balaban J connectivity index is 1.56. The first kappa shape index (κ1) is 22.7. The molecule has 2 aliphatic rings. The number of methoxy groups -OCH3 is 1. The highest BCUT2D eigenvalue weighted by Crippen LogP contribution is 2.41. The molecule has 0 saturated heterocycles. The average Bonchev–Trinajstić information content (AvgIpc) is 3.22. The fourth-order valence-electron chi connectivity index (χ4n) is 5.24. The van der Waals surface area contributed by atoms with Crippen LogP contribution in [-0.4, -0.2) is 11.7 Å². The molecule has 180 valence electrons. The summed E-state index contributed by atoms with van der Waals surface area (Å²) >= 11 is 1.47. The van der Waals surface area contributed by atoms with E-state index in [0.29, 0.717) is 10.5 Å². The van der Waals surface area contributed by atoms with E-state index in [1.54, 1.807) is 7.11 Å². The number of allylic oxidation sites excluding steroid dienone is 1. The molecule has 0 unspecified atom stereocenters. The minimum Gasteiger partial charge on any atom is -0.497 e. The van der Waals surface area contributed by atoms with Gasteiger partial charge in [0.25, 0.3) is 5.56 Å². The van der Waals surface area contributed by atoms with Crippen molar-refractivity contribution in [3.05, 3.63) is 126 Å². The number of aryl methyl sites for hydroxylation is 1. The largest absolute Gasteiger partial charge is 0.497 e. The van der Waals surface area contributed by atoms with Crippen molar-refractivity contribution in [3.8, 4) is 5.75 Å². The molecule has 0 fully saturated rings. The lowest BCUT2D eigenvalue weighted by Crippen LogP contribution is -2.38. The third-order valence-electron chi connectivity index (χ3n) is 7.21. The van der Waals surface area contributed by atoms with Gasteiger partial charge in [-0.15, -0.1) is 0 Å². The zero-order chi connectivity index (χ0) is 24.8. The summed E-state index contributed by atoms with van der Waals surface area (Å²) < 4.78 is 8.00. The van der Waals surface area contributed by atoms with Crippen LogP contribution in [0.3, 0.4) is 0 Å². The van der Waals surface area contributed by atoms with E-state index < -0.39 is 0 Å². The van der Waals surface area contributed by atoms with E-state index >= 15 is 0 Å².